The van der Waals surface area contributed by atoms with E-state index in [4.69, 9.17) is 5.26 Å². The fraction of sp³-hybridized carbons (Fsp3) is 0.185. The minimum absolute atomic E-state index is 0.0475. The Hall–Kier alpha value is -4.24. The molecule has 1 aliphatic heterocycles. The van der Waals surface area contributed by atoms with Crippen molar-refractivity contribution >= 4 is 23.1 Å². The average molecular weight is 435 g/mol. The molecule has 0 radical (unpaired) electrons. The Morgan fingerprint density at radius 2 is 1.67 bits per heavy atom. The second-order valence-electron chi connectivity index (χ2n) is 8.30. The van der Waals surface area contributed by atoms with Gasteiger partial charge in [-0.3, -0.25) is 19.5 Å². The van der Waals surface area contributed by atoms with Crippen LogP contribution in [0, 0.1) is 11.3 Å². The third kappa shape index (κ3) is 3.58. The number of anilines is 1. The monoisotopic (exact) mass is 435 g/mol. The number of ketones is 1. The largest absolute Gasteiger partial charge is 0.507 e. The highest BCUT2D eigenvalue weighted by Gasteiger charge is 2.47. The summed E-state index contributed by atoms with van der Waals surface area (Å²) in [7, 11) is 0. The Morgan fingerprint density at radius 1 is 0.970 bits per heavy atom. The number of aromatic nitrogens is 1. The van der Waals surface area contributed by atoms with Crippen LogP contribution in [-0.4, -0.2) is 21.8 Å². The summed E-state index contributed by atoms with van der Waals surface area (Å²) in [4.78, 5) is 31.8. The first-order chi connectivity index (χ1) is 16.1. The number of amides is 1. The second-order valence-corrected chi connectivity index (χ2v) is 8.30. The van der Waals surface area contributed by atoms with E-state index in [1.54, 1.807) is 48.8 Å². The van der Waals surface area contributed by atoms with Crippen molar-refractivity contribution in [1.82, 2.24) is 4.98 Å². The van der Waals surface area contributed by atoms with Crippen LogP contribution in [0.25, 0.3) is 5.76 Å². The molecule has 1 saturated heterocycles. The summed E-state index contributed by atoms with van der Waals surface area (Å²) in [6.45, 7) is 0. The first kappa shape index (κ1) is 20.7. The molecule has 2 aromatic carbocycles. The van der Waals surface area contributed by atoms with Gasteiger partial charge in [0, 0.05) is 23.6 Å². The second kappa shape index (κ2) is 8.36. The van der Waals surface area contributed by atoms with Crippen LogP contribution in [0.4, 0.5) is 5.69 Å². The number of aryl methyl sites for hydroxylation is 2. The average Bonchev–Trinajstić information content (AvgIpc) is 3.14. The lowest BCUT2D eigenvalue weighted by molar-refractivity contribution is -0.132. The zero-order valence-electron chi connectivity index (χ0n) is 17.9. The lowest BCUT2D eigenvalue weighted by Gasteiger charge is -2.25. The van der Waals surface area contributed by atoms with Crippen LogP contribution in [0.1, 0.15) is 46.7 Å². The molecule has 1 amide bonds. The van der Waals surface area contributed by atoms with E-state index in [2.05, 4.69) is 11.1 Å². The Labute approximate surface area is 191 Å². The summed E-state index contributed by atoms with van der Waals surface area (Å²) in [5.74, 6) is -1.64. The number of hydrogen-bond acceptors (Lipinski definition) is 5. The molecule has 1 unspecified atom stereocenters. The SMILES string of the molecule is N#Cc1ccc(N2C(=O)C(=O)/C(=C(\O)c3ccc4c(c3)CCCC4)C2c2ccncc2)cc1. The van der Waals surface area contributed by atoms with E-state index in [1.807, 2.05) is 18.2 Å². The maximum absolute atomic E-state index is 13.2. The number of nitrogens with zero attached hydrogens (tertiary/aromatic N) is 3. The number of aliphatic hydroxyl groups excluding tert-OH is 1. The molecule has 0 bridgehead atoms. The lowest BCUT2D eigenvalue weighted by Crippen LogP contribution is -2.29. The van der Waals surface area contributed by atoms with Crippen LogP contribution >= 0.6 is 0 Å². The fourth-order valence-electron chi connectivity index (χ4n) is 4.69. The summed E-state index contributed by atoms with van der Waals surface area (Å²) in [5.41, 5.74) is 4.60. The predicted molar refractivity (Wildman–Crippen MR) is 123 cm³/mol. The number of carbonyl (C=O) groups is 2. The van der Waals surface area contributed by atoms with E-state index in [0.717, 1.165) is 25.7 Å². The first-order valence-electron chi connectivity index (χ1n) is 10.9. The molecule has 3 aromatic rings. The maximum atomic E-state index is 13.2. The van der Waals surface area contributed by atoms with E-state index >= 15 is 0 Å². The van der Waals surface area contributed by atoms with Crippen molar-refractivity contribution in [3.63, 3.8) is 0 Å². The normalized spacial score (nSPS) is 19.2. The van der Waals surface area contributed by atoms with Crippen LogP contribution in [0.15, 0.2) is 72.6 Å². The van der Waals surface area contributed by atoms with Crippen LogP contribution in [-0.2, 0) is 22.4 Å². The molecule has 5 rings (SSSR count). The minimum Gasteiger partial charge on any atom is -0.507 e. The third-order valence-electron chi connectivity index (χ3n) is 6.36. The molecule has 33 heavy (non-hydrogen) atoms. The number of nitriles is 1. The number of rotatable bonds is 3. The Balaban J connectivity index is 1.67. The van der Waals surface area contributed by atoms with Gasteiger partial charge in [0.05, 0.1) is 23.2 Å². The van der Waals surface area contributed by atoms with E-state index in [0.29, 0.717) is 22.4 Å². The number of Topliss-reactive ketones (excluding diaryl/α,β-unsaturated/α-hetero) is 1. The molecule has 6 nitrogen and oxygen atoms in total. The van der Waals surface area contributed by atoms with Crippen molar-refractivity contribution in [2.24, 2.45) is 0 Å². The number of fused-ring (bicyclic) bond motifs is 1. The summed E-state index contributed by atoms with van der Waals surface area (Å²) >= 11 is 0. The van der Waals surface area contributed by atoms with Gasteiger partial charge in [-0.25, -0.2) is 0 Å². The van der Waals surface area contributed by atoms with Gasteiger partial charge >= 0.3 is 0 Å². The Kier molecular flexibility index (Phi) is 5.23. The van der Waals surface area contributed by atoms with Gasteiger partial charge in [-0.15, -0.1) is 0 Å². The number of hydrogen-bond donors (Lipinski definition) is 1. The fourth-order valence-corrected chi connectivity index (χ4v) is 4.69. The molecule has 162 valence electrons. The standard InChI is InChI=1S/C27H21N3O3/c28-16-17-5-9-22(10-6-17)30-24(19-11-13-29-14-12-19)23(26(32)27(30)33)25(31)21-8-7-18-3-1-2-4-20(18)15-21/h5-15,24,31H,1-4H2/b25-23-. The van der Waals surface area contributed by atoms with Crippen LogP contribution < -0.4 is 4.90 Å². The topological polar surface area (TPSA) is 94.3 Å². The summed E-state index contributed by atoms with van der Waals surface area (Å²) in [6, 6.07) is 16.9. The van der Waals surface area contributed by atoms with Gasteiger partial charge in [0.15, 0.2) is 0 Å². The molecule has 2 aliphatic rings. The molecule has 6 heteroatoms. The van der Waals surface area contributed by atoms with Gasteiger partial charge in [0.25, 0.3) is 11.7 Å². The van der Waals surface area contributed by atoms with E-state index in [-0.39, 0.29) is 11.3 Å². The molecular weight excluding hydrogens is 414 g/mol. The van der Waals surface area contributed by atoms with Gasteiger partial charge in [-0.2, -0.15) is 5.26 Å². The van der Waals surface area contributed by atoms with Crippen molar-refractivity contribution in [3.8, 4) is 6.07 Å². The first-order valence-corrected chi connectivity index (χ1v) is 10.9. The Bertz CT molecular complexity index is 1320. The van der Waals surface area contributed by atoms with Crippen molar-refractivity contribution < 1.29 is 14.7 Å². The van der Waals surface area contributed by atoms with Gasteiger partial charge in [-0.1, -0.05) is 12.1 Å². The molecule has 0 spiro atoms. The zero-order chi connectivity index (χ0) is 22.9. The predicted octanol–water partition coefficient (Wildman–Crippen LogP) is 4.46. The molecule has 1 fully saturated rings. The van der Waals surface area contributed by atoms with Crippen molar-refractivity contribution in [3.05, 3.63) is 100 Å². The van der Waals surface area contributed by atoms with Crippen LogP contribution in [0.2, 0.25) is 0 Å². The third-order valence-corrected chi connectivity index (χ3v) is 6.36. The molecule has 0 saturated carbocycles. The molecule has 1 atom stereocenters. The van der Waals surface area contributed by atoms with Gasteiger partial charge in [0.2, 0.25) is 0 Å². The smallest absolute Gasteiger partial charge is 0.300 e. The van der Waals surface area contributed by atoms with Gasteiger partial charge < -0.3 is 5.11 Å². The Morgan fingerprint density at radius 3 is 2.36 bits per heavy atom. The summed E-state index contributed by atoms with van der Waals surface area (Å²) < 4.78 is 0. The minimum atomic E-state index is -0.808. The van der Waals surface area contributed by atoms with Crippen molar-refractivity contribution in [2.45, 2.75) is 31.7 Å². The highest BCUT2D eigenvalue weighted by molar-refractivity contribution is 6.51. The molecule has 1 N–H and O–H groups in total. The highest BCUT2D eigenvalue weighted by Crippen LogP contribution is 2.42. The molecule has 1 aliphatic carbocycles. The van der Waals surface area contributed by atoms with Crippen LogP contribution in [0.3, 0.4) is 0 Å². The van der Waals surface area contributed by atoms with Crippen molar-refractivity contribution in [2.75, 3.05) is 4.90 Å². The maximum Gasteiger partial charge on any atom is 0.300 e. The molecular formula is C27H21N3O3. The molecule has 2 heterocycles. The van der Waals surface area contributed by atoms with Gasteiger partial charge in [0.1, 0.15) is 5.76 Å². The van der Waals surface area contributed by atoms with Crippen LogP contribution in [0.5, 0.6) is 0 Å². The van der Waals surface area contributed by atoms with Gasteiger partial charge in [-0.05, 0) is 84.8 Å². The van der Waals surface area contributed by atoms with E-state index < -0.39 is 17.7 Å². The zero-order valence-corrected chi connectivity index (χ0v) is 17.9. The van der Waals surface area contributed by atoms with E-state index in [1.165, 1.54) is 16.0 Å². The number of benzene rings is 2. The number of carbonyl (C=O) groups excluding carboxylic acids is 2. The summed E-state index contributed by atoms with van der Waals surface area (Å²) in [5, 5.41) is 20.4. The number of aliphatic hydroxyl groups is 1. The number of pyridine rings is 1. The highest BCUT2D eigenvalue weighted by atomic mass is 16.3. The summed E-state index contributed by atoms with van der Waals surface area (Å²) in [6.07, 6.45) is 7.37. The quantitative estimate of drug-likeness (QED) is 0.372. The van der Waals surface area contributed by atoms with Crippen molar-refractivity contribution in [1.29, 1.82) is 5.26 Å². The molecule has 1 aromatic heterocycles. The van der Waals surface area contributed by atoms with E-state index in [9.17, 15) is 14.7 Å². The lowest BCUT2D eigenvalue weighted by atomic mass is 9.89.